The van der Waals surface area contributed by atoms with Crippen LogP contribution in [0.1, 0.15) is 42.3 Å². The van der Waals surface area contributed by atoms with E-state index in [2.05, 4.69) is 38.4 Å². The highest BCUT2D eigenvalue weighted by atomic mass is 32.1. The summed E-state index contributed by atoms with van der Waals surface area (Å²) in [5.41, 5.74) is 4.31. The van der Waals surface area contributed by atoms with Crippen LogP contribution in [0.25, 0.3) is 10.9 Å². The van der Waals surface area contributed by atoms with E-state index < -0.39 is 5.54 Å². The summed E-state index contributed by atoms with van der Waals surface area (Å²) in [6.45, 7) is 7.08. The molecule has 34 heavy (non-hydrogen) atoms. The Labute approximate surface area is 204 Å². The molecule has 3 amide bonds. The lowest BCUT2D eigenvalue weighted by atomic mass is 9.75. The molecule has 4 heterocycles. The first-order valence-electron chi connectivity index (χ1n) is 12.1. The summed E-state index contributed by atoms with van der Waals surface area (Å²) in [5.74, 6) is 0.0928. The lowest BCUT2D eigenvalue weighted by molar-refractivity contribution is -0.134. The Hall–Kier alpha value is -2.84. The van der Waals surface area contributed by atoms with Crippen LogP contribution in [0.3, 0.4) is 0 Å². The third-order valence-electron chi connectivity index (χ3n) is 7.58. The van der Waals surface area contributed by atoms with E-state index in [1.54, 1.807) is 11.3 Å². The number of aromatic nitrogens is 2. The topological polar surface area (TPSA) is 78.4 Å². The maximum absolute atomic E-state index is 13.5. The first kappa shape index (κ1) is 22.9. The zero-order valence-electron chi connectivity index (χ0n) is 19.8. The summed E-state index contributed by atoms with van der Waals surface area (Å²) < 4.78 is 0. The largest absolute Gasteiger partial charge is 0.325 e. The summed E-state index contributed by atoms with van der Waals surface area (Å²) in [7, 11) is 0. The molecule has 5 rings (SSSR count). The van der Waals surface area contributed by atoms with Gasteiger partial charge in [-0.2, -0.15) is 0 Å². The predicted octanol–water partition coefficient (Wildman–Crippen LogP) is 4.16. The normalized spacial score (nSPS) is 22.0. The van der Waals surface area contributed by atoms with Crippen LogP contribution < -0.4 is 5.32 Å². The summed E-state index contributed by atoms with van der Waals surface area (Å²) in [6, 6.07) is 10.2. The van der Waals surface area contributed by atoms with Gasteiger partial charge in [0, 0.05) is 36.0 Å². The van der Waals surface area contributed by atoms with Crippen molar-refractivity contribution in [2.75, 3.05) is 19.6 Å². The van der Waals surface area contributed by atoms with Crippen molar-refractivity contribution in [3.8, 4) is 0 Å². The summed E-state index contributed by atoms with van der Waals surface area (Å²) >= 11 is 1.58. The molecule has 3 aromatic rings. The number of carbonyl (C=O) groups excluding carboxylic acids is 2. The van der Waals surface area contributed by atoms with E-state index in [9.17, 15) is 9.59 Å². The molecule has 1 atom stereocenters. The fraction of sp³-hybridized carbons (Fsp3) is 0.462. The van der Waals surface area contributed by atoms with E-state index in [1.165, 1.54) is 15.8 Å². The molecule has 7 nitrogen and oxygen atoms in total. The molecule has 0 aliphatic carbocycles. The SMILES string of the molecule is CC[C@@]1(C2CCN(Cc3cccc4ncccc34)CC2)NC(=O)N(CCc2scnc2C)C1=O. The number of nitrogens with zero attached hydrogens (tertiary/aromatic N) is 4. The average Bonchev–Trinajstić information content (AvgIpc) is 3.38. The third-order valence-corrected chi connectivity index (χ3v) is 8.58. The van der Waals surface area contributed by atoms with Crippen LogP contribution in [-0.4, -0.2) is 56.9 Å². The number of fused-ring (bicyclic) bond motifs is 1. The fourth-order valence-electron chi connectivity index (χ4n) is 5.56. The van der Waals surface area contributed by atoms with Gasteiger partial charge in [0.15, 0.2) is 0 Å². The molecule has 0 unspecified atom stereocenters. The monoisotopic (exact) mass is 477 g/mol. The first-order valence-corrected chi connectivity index (χ1v) is 13.0. The molecule has 2 aliphatic rings. The number of likely N-dealkylation sites (tertiary alicyclic amines) is 1. The molecular formula is C26H31N5O2S. The van der Waals surface area contributed by atoms with Gasteiger partial charge in [-0.15, -0.1) is 11.3 Å². The number of thiazole rings is 1. The number of nitrogens with one attached hydrogen (secondary N) is 1. The molecule has 8 heteroatoms. The van der Waals surface area contributed by atoms with E-state index in [-0.39, 0.29) is 17.9 Å². The Bertz CT molecular complexity index is 1200. The Morgan fingerprint density at radius 2 is 1.97 bits per heavy atom. The number of rotatable bonds is 7. The van der Waals surface area contributed by atoms with Crippen LogP contribution in [-0.2, 0) is 17.8 Å². The van der Waals surface area contributed by atoms with Crippen molar-refractivity contribution in [3.05, 3.63) is 58.2 Å². The van der Waals surface area contributed by atoms with Crippen LogP contribution in [0.5, 0.6) is 0 Å². The van der Waals surface area contributed by atoms with E-state index in [0.717, 1.165) is 48.6 Å². The number of hydrogen-bond donors (Lipinski definition) is 1. The van der Waals surface area contributed by atoms with Gasteiger partial charge in [0.05, 0.1) is 16.7 Å². The van der Waals surface area contributed by atoms with E-state index >= 15 is 0 Å². The van der Waals surface area contributed by atoms with Gasteiger partial charge < -0.3 is 5.32 Å². The zero-order valence-corrected chi connectivity index (χ0v) is 20.6. The molecule has 0 spiro atoms. The zero-order chi connectivity index (χ0) is 23.7. The van der Waals surface area contributed by atoms with Gasteiger partial charge in [-0.3, -0.25) is 19.6 Å². The maximum atomic E-state index is 13.5. The van der Waals surface area contributed by atoms with Crippen LogP contribution >= 0.6 is 11.3 Å². The van der Waals surface area contributed by atoms with Crippen LogP contribution in [0.4, 0.5) is 4.79 Å². The summed E-state index contributed by atoms with van der Waals surface area (Å²) in [6.07, 6.45) is 4.90. The van der Waals surface area contributed by atoms with Gasteiger partial charge in [0.1, 0.15) is 5.54 Å². The average molecular weight is 478 g/mol. The molecule has 0 saturated carbocycles. The minimum Gasteiger partial charge on any atom is -0.323 e. The van der Waals surface area contributed by atoms with Crippen molar-refractivity contribution >= 4 is 34.2 Å². The molecule has 0 radical (unpaired) electrons. The van der Waals surface area contributed by atoms with E-state index in [1.807, 2.05) is 37.7 Å². The van der Waals surface area contributed by atoms with Gasteiger partial charge in [0.2, 0.25) is 0 Å². The lowest BCUT2D eigenvalue weighted by Crippen LogP contribution is -2.55. The lowest BCUT2D eigenvalue weighted by Gasteiger charge is -2.40. The maximum Gasteiger partial charge on any atom is 0.325 e. The Balaban J connectivity index is 1.24. The van der Waals surface area contributed by atoms with Crippen molar-refractivity contribution in [3.63, 3.8) is 0 Å². The number of pyridine rings is 1. The summed E-state index contributed by atoms with van der Waals surface area (Å²) in [5, 5.41) is 4.31. The molecule has 2 aliphatic heterocycles. The Morgan fingerprint density at radius 1 is 1.15 bits per heavy atom. The van der Waals surface area contributed by atoms with Gasteiger partial charge in [0.25, 0.3) is 5.91 Å². The molecule has 2 aromatic heterocycles. The Morgan fingerprint density at radius 3 is 2.71 bits per heavy atom. The minimum atomic E-state index is -0.782. The van der Waals surface area contributed by atoms with E-state index in [4.69, 9.17) is 0 Å². The van der Waals surface area contributed by atoms with Crippen molar-refractivity contribution < 1.29 is 9.59 Å². The van der Waals surface area contributed by atoms with Crippen molar-refractivity contribution in [1.82, 2.24) is 25.1 Å². The number of benzene rings is 1. The number of piperidine rings is 1. The second-order valence-electron chi connectivity index (χ2n) is 9.36. The molecule has 1 N–H and O–H groups in total. The number of carbonyl (C=O) groups is 2. The smallest absolute Gasteiger partial charge is 0.323 e. The number of amides is 3. The van der Waals surface area contributed by atoms with Crippen molar-refractivity contribution in [1.29, 1.82) is 0 Å². The Kier molecular flexibility index (Phi) is 6.36. The van der Waals surface area contributed by atoms with Crippen LogP contribution in [0, 0.1) is 12.8 Å². The number of urea groups is 1. The van der Waals surface area contributed by atoms with Crippen LogP contribution in [0.2, 0.25) is 0 Å². The highest BCUT2D eigenvalue weighted by Gasteiger charge is 2.54. The van der Waals surface area contributed by atoms with Crippen LogP contribution in [0.15, 0.2) is 42.0 Å². The van der Waals surface area contributed by atoms with Gasteiger partial charge in [-0.1, -0.05) is 25.1 Å². The molecule has 2 saturated heterocycles. The van der Waals surface area contributed by atoms with Crippen molar-refractivity contribution in [2.24, 2.45) is 5.92 Å². The van der Waals surface area contributed by atoms with Gasteiger partial charge in [-0.05, 0) is 62.9 Å². The molecule has 178 valence electrons. The minimum absolute atomic E-state index is 0.0549. The standard InChI is InChI=1S/C26H31N5O2S/c1-3-26(24(32)31(25(33)29-26)15-11-23-18(2)28-17-34-23)20-9-13-30(14-10-20)16-19-6-4-8-22-21(19)7-5-12-27-22/h4-8,12,17,20H,3,9-11,13-16H2,1-2H3,(H,29,33)/t26-/m0/s1. The second kappa shape index (κ2) is 9.43. The third kappa shape index (κ3) is 4.09. The quantitative estimate of drug-likeness (QED) is 0.517. The first-order chi connectivity index (χ1) is 16.5. The molecule has 1 aromatic carbocycles. The number of imide groups is 1. The van der Waals surface area contributed by atoms with Gasteiger partial charge in [-0.25, -0.2) is 9.78 Å². The highest BCUT2D eigenvalue weighted by Crippen LogP contribution is 2.37. The predicted molar refractivity (Wildman–Crippen MR) is 134 cm³/mol. The molecule has 2 fully saturated rings. The molecular weight excluding hydrogens is 446 g/mol. The highest BCUT2D eigenvalue weighted by molar-refractivity contribution is 7.09. The number of hydrogen-bond acceptors (Lipinski definition) is 6. The van der Waals surface area contributed by atoms with E-state index in [0.29, 0.717) is 19.4 Å². The summed E-state index contributed by atoms with van der Waals surface area (Å²) in [4.78, 5) is 40.1. The second-order valence-corrected chi connectivity index (χ2v) is 10.3. The fourth-order valence-corrected chi connectivity index (χ4v) is 6.33. The number of aryl methyl sites for hydroxylation is 1. The van der Waals surface area contributed by atoms with Crippen molar-refractivity contribution in [2.45, 2.75) is 51.6 Å². The molecule has 0 bridgehead atoms. The van der Waals surface area contributed by atoms with Gasteiger partial charge >= 0.3 is 6.03 Å².